The summed E-state index contributed by atoms with van der Waals surface area (Å²) >= 11 is 2.94. The first-order chi connectivity index (χ1) is 25.7. The molecule has 6 heterocycles. The van der Waals surface area contributed by atoms with Crippen molar-refractivity contribution in [2.24, 2.45) is 5.73 Å². The number of hydrogen-bond acceptors (Lipinski definition) is 14. The Bertz CT molecular complexity index is 1890. The van der Waals surface area contributed by atoms with Crippen molar-refractivity contribution in [1.29, 1.82) is 0 Å². The van der Waals surface area contributed by atoms with Gasteiger partial charge in [-0.15, -0.1) is 22.7 Å². The van der Waals surface area contributed by atoms with Crippen molar-refractivity contribution < 1.29 is 38.1 Å². The predicted octanol–water partition coefficient (Wildman–Crippen LogP) is 3.64. The fraction of sp³-hybridized carbons (Fsp3) is 0.515. The number of methoxy groups -OCH3 is 3. The standard InChI is InChI=1S/C33H42N10O8S2/c1-48-12-8-18(41-33(47)50-3)30(44)42-10-4-6-21(42)26-35-14-19(39-26)28-37-16-24(52-28)25-17-38-29(53-25)20-15-36-27(40-20)22-7-5-11-43(22)31(45)23(9-13-49-2)51-32(34)46/h14-18,21-23H,4-13H2,1-3H3,(H2,34,46)(H,35,39)(H,36,40)(H,41,47)/t18-,21-,22-,23-/m0/s1. The third-order valence-corrected chi connectivity index (χ3v) is 11.3. The van der Waals surface area contributed by atoms with Crippen molar-refractivity contribution in [2.45, 2.75) is 62.8 Å². The van der Waals surface area contributed by atoms with E-state index in [0.717, 1.165) is 29.0 Å². The SMILES string of the molecule is COCC[C@H](NC(=O)OC)C(=O)N1CCC[C@H]1c1nc(-c2ncc(-c3cnc(-c4c[nH]c([C@@H]5CCCN5C(=O)[C@H](CCOC)OC(N)=O)n4)s3)s2)c[nH]1. The molecule has 4 aromatic heterocycles. The number of aromatic amines is 2. The van der Waals surface area contributed by atoms with Crippen LogP contribution in [0.25, 0.3) is 31.2 Å². The average molecular weight is 771 g/mol. The Morgan fingerprint density at radius 2 is 1.38 bits per heavy atom. The number of carbonyl (C=O) groups is 4. The Kier molecular flexibility index (Phi) is 12.3. The summed E-state index contributed by atoms with van der Waals surface area (Å²) in [6.45, 7) is 1.57. The number of nitrogens with two attached hydrogens (primary N) is 1. The summed E-state index contributed by atoms with van der Waals surface area (Å²) in [6, 6.07) is -1.38. The molecule has 0 unspecified atom stereocenters. The number of hydrogen-bond donors (Lipinski definition) is 4. The van der Waals surface area contributed by atoms with Gasteiger partial charge in [-0.25, -0.2) is 29.5 Å². The van der Waals surface area contributed by atoms with E-state index in [2.05, 4.69) is 25.3 Å². The number of imidazole rings is 2. The summed E-state index contributed by atoms with van der Waals surface area (Å²) in [4.78, 5) is 80.8. The Labute approximate surface area is 312 Å². The van der Waals surface area contributed by atoms with E-state index in [1.807, 2.05) is 0 Å². The number of rotatable bonds is 15. The van der Waals surface area contributed by atoms with Crippen molar-refractivity contribution in [3.8, 4) is 31.2 Å². The van der Waals surface area contributed by atoms with Crippen molar-refractivity contribution in [1.82, 2.24) is 45.0 Å². The zero-order chi connectivity index (χ0) is 37.5. The van der Waals surface area contributed by atoms with E-state index in [0.29, 0.717) is 65.6 Å². The number of carbonyl (C=O) groups excluding carboxylic acids is 4. The monoisotopic (exact) mass is 770 g/mol. The quantitative estimate of drug-likeness (QED) is 0.136. The van der Waals surface area contributed by atoms with Crippen LogP contribution in [0, 0.1) is 0 Å². The molecule has 20 heteroatoms. The number of nitrogens with one attached hydrogen (secondary N) is 3. The van der Waals surface area contributed by atoms with Gasteiger partial charge in [-0.05, 0) is 25.7 Å². The first-order valence-corrected chi connectivity index (χ1v) is 18.8. The number of H-pyrrole nitrogens is 2. The minimum atomic E-state index is -1.04. The van der Waals surface area contributed by atoms with Gasteiger partial charge in [0.15, 0.2) is 6.10 Å². The van der Waals surface area contributed by atoms with Gasteiger partial charge in [0.05, 0.1) is 35.6 Å². The fourth-order valence-electron chi connectivity index (χ4n) is 6.55. The van der Waals surface area contributed by atoms with Gasteiger partial charge in [-0.2, -0.15) is 0 Å². The minimum absolute atomic E-state index is 0.196. The maximum atomic E-state index is 13.5. The summed E-state index contributed by atoms with van der Waals surface area (Å²) in [6.07, 6.45) is 7.89. The molecule has 53 heavy (non-hydrogen) atoms. The molecule has 0 radical (unpaired) electrons. The molecule has 0 bridgehead atoms. The van der Waals surface area contributed by atoms with Gasteiger partial charge < -0.3 is 49.8 Å². The molecule has 0 spiro atoms. The molecule has 5 N–H and O–H groups in total. The molecule has 0 aliphatic carbocycles. The number of likely N-dealkylation sites (tertiary alicyclic amines) is 2. The summed E-state index contributed by atoms with van der Waals surface area (Å²) in [5, 5.41) is 4.03. The highest BCUT2D eigenvalue weighted by molar-refractivity contribution is 7.24. The lowest BCUT2D eigenvalue weighted by Gasteiger charge is -2.28. The largest absolute Gasteiger partial charge is 0.453 e. The molecule has 4 atom stereocenters. The van der Waals surface area contributed by atoms with Crippen molar-refractivity contribution in [3.63, 3.8) is 0 Å². The Morgan fingerprint density at radius 3 is 1.89 bits per heavy atom. The maximum Gasteiger partial charge on any atom is 0.407 e. The Balaban J connectivity index is 1.12. The van der Waals surface area contributed by atoms with Crippen LogP contribution in [0.5, 0.6) is 0 Å². The lowest BCUT2D eigenvalue weighted by Crippen LogP contribution is -2.49. The molecule has 4 aromatic rings. The second-order valence-electron chi connectivity index (χ2n) is 12.5. The molecule has 2 fully saturated rings. The van der Waals surface area contributed by atoms with Crippen LogP contribution in [0.3, 0.4) is 0 Å². The highest BCUT2D eigenvalue weighted by Crippen LogP contribution is 2.39. The van der Waals surface area contributed by atoms with E-state index in [-0.39, 0.29) is 36.9 Å². The maximum absolute atomic E-state index is 13.5. The Hall–Kier alpha value is -4.92. The molecule has 2 aliphatic heterocycles. The molecule has 0 saturated carbocycles. The first-order valence-electron chi connectivity index (χ1n) is 17.1. The molecule has 2 aliphatic rings. The Morgan fingerprint density at radius 1 is 0.849 bits per heavy atom. The van der Waals surface area contributed by atoms with Crippen LogP contribution < -0.4 is 11.1 Å². The van der Waals surface area contributed by atoms with E-state index in [1.54, 1.807) is 41.7 Å². The summed E-state index contributed by atoms with van der Waals surface area (Å²) in [7, 11) is 4.31. The summed E-state index contributed by atoms with van der Waals surface area (Å²) in [5.74, 6) is 0.713. The van der Waals surface area contributed by atoms with Crippen LogP contribution in [0.4, 0.5) is 9.59 Å². The van der Waals surface area contributed by atoms with Crippen LogP contribution in [0.1, 0.15) is 62.3 Å². The van der Waals surface area contributed by atoms with Gasteiger partial charge in [0.2, 0.25) is 5.91 Å². The second kappa shape index (κ2) is 17.3. The van der Waals surface area contributed by atoms with Gasteiger partial charge in [0.25, 0.3) is 5.91 Å². The molecule has 6 rings (SSSR count). The fourth-order valence-corrected chi connectivity index (χ4v) is 8.37. The number of nitrogens with zero attached hydrogens (tertiary/aromatic N) is 6. The van der Waals surface area contributed by atoms with Crippen molar-refractivity contribution in [3.05, 3.63) is 36.4 Å². The number of primary amides is 1. The van der Waals surface area contributed by atoms with E-state index in [1.165, 1.54) is 36.9 Å². The van der Waals surface area contributed by atoms with Crippen LogP contribution in [0.2, 0.25) is 0 Å². The molecule has 2 saturated heterocycles. The number of ether oxygens (including phenoxy) is 4. The third kappa shape index (κ3) is 8.66. The summed E-state index contributed by atoms with van der Waals surface area (Å²) < 4.78 is 20.1. The van der Waals surface area contributed by atoms with Crippen molar-refractivity contribution >= 4 is 46.7 Å². The smallest absolute Gasteiger partial charge is 0.407 e. The molecule has 284 valence electrons. The number of thiazole rings is 2. The van der Waals surface area contributed by atoms with Crippen LogP contribution in [0.15, 0.2) is 24.8 Å². The van der Waals surface area contributed by atoms with E-state index in [9.17, 15) is 19.2 Å². The number of aromatic nitrogens is 6. The topological polar surface area (TPSA) is 233 Å². The second-order valence-corrected chi connectivity index (χ2v) is 14.5. The lowest BCUT2D eigenvalue weighted by atomic mass is 10.1. The van der Waals surface area contributed by atoms with Gasteiger partial charge in [-0.1, -0.05) is 0 Å². The highest BCUT2D eigenvalue weighted by atomic mass is 32.1. The van der Waals surface area contributed by atoms with Crippen LogP contribution >= 0.6 is 22.7 Å². The van der Waals surface area contributed by atoms with Gasteiger partial charge >= 0.3 is 12.2 Å². The van der Waals surface area contributed by atoms with Gasteiger partial charge in [0.1, 0.15) is 39.1 Å². The van der Waals surface area contributed by atoms with Crippen LogP contribution in [-0.4, -0.2) is 123 Å². The summed E-state index contributed by atoms with van der Waals surface area (Å²) in [5.41, 5.74) is 6.53. The average Bonchev–Trinajstić information content (AvgIpc) is 3.99. The zero-order valence-electron chi connectivity index (χ0n) is 29.5. The molecule has 4 amide bonds. The normalized spacial score (nSPS) is 18.2. The number of alkyl carbamates (subject to hydrolysis) is 1. The molecule has 0 aromatic carbocycles. The third-order valence-electron chi connectivity index (χ3n) is 9.10. The van der Waals surface area contributed by atoms with E-state index >= 15 is 0 Å². The predicted molar refractivity (Wildman–Crippen MR) is 193 cm³/mol. The van der Waals surface area contributed by atoms with E-state index < -0.39 is 24.3 Å². The van der Waals surface area contributed by atoms with Crippen LogP contribution in [-0.2, 0) is 28.5 Å². The van der Waals surface area contributed by atoms with Crippen molar-refractivity contribution in [2.75, 3.05) is 47.6 Å². The molecular weight excluding hydrogens is 729 g/mol. The minimum Gasteiger partial charge on any atom is -0.453 e. The zero-order valence-corrected chi connectivity index (χ0v) is 31.2. The first kappa shape index (κ1) is 37.8. The highest BCUT2D eigenvalue weighted by Gasteiger charge is 2.38. The molecule has 18 nitrogen and oxygen atoms in total. The van der Waals surface area contributed by atoms with Gasteiger partial charge in [0, 0.05) is 71.5 Å². The molecular formula is C33H42N10O8S2. The lowest BCUT2D eigenvalue weighted by molar-refractivity contribution is -0.142. The number of amides is 4. The van der Waals surface area contributed by atoms with E-state index in [4.69, 9.17) is 34.6 Å². The van der Waals surface area contributed by atoms with Gasteiger partial charge in [-0.3, -0.25) is 9.59 Å².